The second kappa shape index (κ2) is 7.53. The molecule has 0 unspecified atom stereocenters. The van der Waals surface area contributed by atoms with Crippen LogP contribution in [0.3, 0.4) is 0 Å². The summed E-state index contributed by atoms with van der Waals surface area (Å²) in [6.07, 6.45) is 2.21. The molecule has 3 aromatic rings. The van der Waals surface area contributed by atoms with Crippen LogP contribution in [-0.4, -0.2) is 15.9 Å². The van der Waals surface area contributed by atoms with Crippen LogP contribution < -0.4 is 10.6 Å². The number of rotatable bonds is 5. The molecular formula is C19H17FN4O. The van der Waals surface area contributed by atoms with Gasteiger partial charge in [-0.2, -0.15) is 0 Å². The van der Waals surface area contributed by atoms with Crippen LogP contribution in [0.5, 0.6) is 0 Å². The van der Waals surface area contributed by atoms with Crippen molar-refractivity contribution in [1.82, 2.24) is 9.97 Å². The van der Waals surface area contributed by atoms with Crippen molar-refractivity contribution in [2.24, 2.45) is 0 Å². The van der Waals surface area contributed by atoms with Gasteiger partial charge in [0.15, 0.2) is 0 Å². The number of aryl methyl sites for hydroxylation is 1. The summed E-state index contributed by atoms with van der Waals surface area (Å²) in [6, 6.07) is 15.0. The zero-order valence-corrected chi connectivity index (χ0v) is 13.7. The molecule has 0 aliphatic rings. The second-order valence-electron chi connectivity index (χ2n) is 5.39. The Morgan fingerprint density at radius 3 is 2.60 bits per heavy atom. The molecule has 0 atom stereocenters. The van der Waals surface area contributed by atoms with E-state index in [2.05, 4.69) is 27.5 Å². The highest BCUT2D eigenvalue weighted by Gasteiger charge is 2.10. The van der Waals surface area contributed by atoms with Gasteiger partial charge in [0, 0.05) is 17.4 Å². The van der Waals surface area contributed by atoms with Gasteiger partial charge in [-0.15, -0.1) is 0 Å². The molecule has 5 nitrogen and oxygen atoms in total. The van der Waals surface area contributed by atoms with Gasteiger partial charge in [0.25, 0.3) is 5.91 Å². The van der Waals surface area contributed by atoms with Gasteiger partial charge in [0.2, 0.25) is 0 Å². The van der Waals surface area contributed by atoms with Crippen molar-refractivity contribution in [3.63, 3.8) is 0 Å². The number of anilines is 3. The second-order valence-corrected chi connectivity index (χ2v) is 5.39. The van der Waals surface area contributed by atoms with Crippen molar-refractivity contribution < 1.29 is 9.18 Å². The van der Waals surface area contributed by atoms with E-state index in [9.17, 15) is 9.18 Å². The van der Waals surface area contributed by atoms with Gasteiger partial charge >= 0.3 is 0 Å². The summed E-state index contributed by atoms with van der Waals surface area (Å²) in [4.78, 5) is 20.5. The zero-order valence-electron chi connectivity index (χ0n) is 13.7. The molecule has 0 fully saturated rings. The quantitative estimate of drug-likeness (QED) is 0.734. The first-order valence-corrected chi connectivity index (χ1v) is 7.89. The molecule has 3 rings (SSSR count). The van der Waals surface area contributed by atoms with Crippen molar-refractivity contribution in [3.8, 4) is 0 Å². The summed E-state index contributed by atoms with van der Waals surface area (Å²) >= 11 is 0. The van der Waals surface area contributed by atoms with E-state index in [-0.39, 0.29) is 17.4 Å². The first-order chi connectivity index (χ1) is 12.2. The summed E-state index contributed by atoms with van der Waals surface area (Å²) in [5.74, 6) is -0.220. The molecular weight excluding hydrogens is 319 g/mol. The first-order valence-electron chi connectivity index (χ1n) is 7.89. The Morgan fingerprint density at radius 2 is 1.84 bits per heavy atom. The number of aromatic nitrogens is 2. The lowest BCUT2D eigenvalue weighted by molar-refractivity contribution is 0.102. The molecule has 1 amide bonds. The van der Waals surface area contributed by atoms with E-state index in [4.69, 9.17) is 0 Å². The molecule has 6 heteroatoms. The minimum atomic E-state index is -0.388. The molecule has 1 heterocycles. The number of hydrogen-bond donors (Lipinski definition) is 2. The van der Waals surface area contributed by atoms with Crippen LogP contribution in [0.25, 0.3) is 0 Å². The average molecular weight is 336 g/mol. The lowest BCUT2D eigenvalue weighted by atomic mass is 10.1. The fourth-order valence-corrected chi connectivity index (χ4v) is 2.37. The molecule has 0 saturated carbocycles. The van der Waals surface area contributed by atoms with Crippen molar-refractivity contribution >= 4 is 23.1 Å². The van der Waals surface area contributed by atoms with Crippen LogP contribution >= 0.6 is 0 Å². The number of nitrogens with zero attached hydrogens (tertiary/aromatic N) is 2. The van der Waals surface area contributed by atoms with Gasteiger partial charge in [-0.3, -0.25) is 4.79 Å². The smallest absolute Gasteiger partial charge is 0.274 e. The Morgan fingerprint density at radius 1 is 1.08 bits per heavy atom. The molecule has 1 aromatic heterocycles. The van der Waals surface area contributed by atoms with Crippen molar-refractivity contribution in [3.05, 3.63) is 78.0 Å². The van der Waals surface area contributed by atoms with Gasteiger partial charge < -0.3 is 10.6 Å². The summed E-state index contributed by atoms with van der Waals surface area (Å²) in [5, 5.41) is 5.88. The van der Waals surface area contributed by atoms with E-state index < -0.39 is 0 Å². The van der Waals surface area contributed by atoms with E-state index in [0.717, 1.165) is 17.7 Å². The normalized spacial score (nSPS) is 10.3. The maximum atomic E-state index is 12.9. The first kappa shape index (κ1) is 16.6. The van der Waals surface area contributed by atoms with Crippen LogP contribution in [0.2, 0.25) is 0 Å². The van der Waals surface area contributed by atoms with Crippen molar-refractivity contribution in [2.45, 2.75) is 13.3 Å². The Bertz CT molecular complexity index is 881. The van der Waals surface area contributed by atoms with Gasteiger partial charge in [-0.25, -0.2) is 14.4 Å². The molecule has 2 N–H and O–H groups in total. The van der Waals surface area contributed by atoms with E-state index in [1.807, 2.05) is 24.3 Å². The number of hydrogen-bond acceptors (Lipinski definition) is 4. The maximum absolute atomic E-state index is 12.9. The molecule has 0 radical (unpaired) electrons. The Kier molecular flexibility index (Phi) is 4.99. The number of amides is 1. The number of para-hydroxylation sites is 1. The highest BCUT2D eigenvalue weighted by atomic mass is 19.1. The molecule has 0 bridgehead atoms. The SMILES string of the molecule is CCc1ccccc1Nc1cc(C(=O)Nc2ccc(F)cc2)ncn1. The van der Waals surface area contributed by atoms with Crippen molar-refractivity contribution in [2.75, 3.05) is 10.6 Å². The number of nitrogens with one attached hydrogen (secondary N) is 2. The molecule has 2 aromatic carbocycles. The van der Waals surface area contributed by atoms with Gasteiger partial charge in [0.1, 0.15) is 23.7 Å². The third-order valence-corrected chi connectivity index (χ3v) is 3.66. The fourth-order valence-electron chi connectivity index (χ4n) is 2.37. The van der Waals surface area contributed by atoms with Crippen LogP contribution in [0.1, 0.15) is 23.0 Å². The Hall–Kier alpha value is -3.28. The molecule has 0 saturated heterocycles. The number of halogens is 1. The Labute approximate surface area is 145 Å². The van der Waals surface area contributed by atoms with Crippen LogP contribution in [0.15, 0.2) is 60.9 Å². The third kappa shape index (κ3) is 4.17. The predicted molar refractivity (Wildman–Crippen MR) is 95.5 cm³/mol. The lowest BCUT2D eigenvalue weighted by Crippen LogP contribution is -2.14. The molecule has 0 aliphatic carbocycles. The summed E-state index contributed by atoms with van der Waals surface area (Å²) in [7, 11) is 0. The minimum Gasteiger partial charge on any atom is -0.340 e. The molecule has 25 heavy (non-hydrogen) atoms. The largest absolute Gasteiger partial charge is 0.340 e. The van der Waals surface area contributed by atoms with Crippen LogP contribution in [0, 0.1) is 5.82 Å². The van der Waals surface area contributed by atoms with E-state index in [1.165, 1.54) is 30.6 Å². The lowest BCUT2D eigenvalue weighted by Gasteiger charge is -2.11. The molecule has 0 spiro atoms. The zero-order chi connectivity index (χ0) is 17.6. The van der Waals surface area contributed by atoms with Gasteiger partial charge in [-0.1, -0.05) is 25.1 Å². The topological polar surface area (TPSA) is 66.9 Å². The minimum absolute atomic E-state index is 0.218. The van der Waals surface area contributed by atoms with Gasteiger partial charge in [0.05, 0.1) is 0 Å². The number of carbonyl (C=O) groups excluding carboxylic acids is 1. The molecule has 126 valence electrons. The third-order valence-electron chi connectivity index (χ3n) is 3.66. The highest BCUT2D eigenvalue weighted by Crippen LogP contribution is 2.20. The number of carbonyl (C=O) groups is 1. The average Bonchev–Trinajstić information content (AvgIpc) is 2.64. The summed E-state index contributed by atoms with van der Waals surface area (Å²) in [6.45, 7) is 2.07. The fraction of sp³-hybridized carbons (Fsp3) is 0.105. The Balaban J connectivity index is 1.76. The predicted octanol–water partition coefficient (Wildman–Crippen LogP) is 4.17. The maximum Gasteiger partial charge on any atom is 0.274 e. The van der Waals surface area contributed by atoms with E-state index in [0.29, 0.717) is 11.5 Å². The molecule has 0 aliphatic heterocycles. The van der Waals surface area contributed by atoms with Crippen molar-refractivity contribution in [1.29, 1.82) is 0 Å². The summed E-state index contributed by atoms with van der Waals surface area (Å²) < 4.78 is 12.9. The van der Waals surface area contributed by atoms with E-state index in [1.54, 1.807) is 6.07 Å². The summed E-state index contributed by atoms with van der Waals surface area (Å²) in [5.41, 5.74) is 2.80. The number of benzene rings is 2. The van der Waals surface area contributed by atoms with Crippen LogP contribution in [0.4, 0.5) is 21.6 Å². The standard InChI is InChI=1S/C19H17FN4O/c1-2-13-5-3-4-6-16(13)24-18-11-17(21-12-22-18)19(25)23-15-9-7-14(20)8-10-15/h3-12H,2H2,1H3,(H,23,25)(H,21,22,24). The van der Waals surface area contributed by atoms with Gasteiger partial charge in [-0.05, 0) is 42.3 Å². The van der Waals surface area contributed by atoms with Crippen LogP contribution in [-0.2, 0) is 6.42 Å². The monoisotopic (exact) mass is 336 g/mol. The van der Waals surface area contributed by atoms with E-state index >= 15 is 0 Å². The highest BCUT2D eigenvalue weighted by molar-refractivity contribution is 6.03.